The first-order valence-corrected chi connectivity index (χ1v) is 8.41. The zero-order valence-corrected chi connectivity index (χ0v) is 14.9. The van der Waals surface area contributed by atoms with Crippen molar-refractivity contribution in [2.45, 2.75) is 26.2 Å². The molecule has 1 heterocycles. The largest absolute Gasteiger partial charge is 0.380 e. The monoisotopic (exact) mass is 339 g/mol. The quantitative estimate of drug-likeness (QED) is 0.308. The third kappa shape index (κ3) is 4.54. The van der Waals surface area contributed by atoms with Gasteiger partial charge in [-0.1, -0.05) is 6.92 Å². The lowest BCUT2D eigenvalue weighted by Crippen LogP contribution is -2.44. The Hall–Kier alpha value is -1.48. The van der Waals surface area contributed by atoms with E-state index < -0.39 is 5.91 Å². The minimum Gasteiger partial charge on any atom is -0.380 e. The molecule has 8 heteroatoms. The van der Waals surface area contributed by atoms with E-state index in [4.69, 9.17) is 9.94 Å². The summed E-state index contributed by atoms with van der Waals surface area (Å²) in [4.78, 5) is 20.2. The Kier molecular flexibility index (Phi) is 6.73. The molecule has 4 atom stereocenters. The van der Waals surface area contributed by atoms with Gasteiger partial charge < -0.3 is 15.0 Å². The summed E-state index contributed by atoms with van der Waals surface area (Å²) in [6, 6.07) is 0.576. The van der Waals surface area contributed by atoms with Gasteiger partial charge in [0.2, 0.25) is 0 Å². The number of aliphatic imine (C=N–C) groups is 1. The summed E-state index contributed by atoms with van der Waals surface area (Å²) in [6.45, 7) is 7.70. The molecule has 1 amide bonds. The van der Waals surface area contributed by atoms with Crippen molar-refractivity contribution >= 4 is 12.1 Å². The van der Waals surface area contributed by atoms with Crippen LogP contribution in [-0.4, -0.2) is 79.9 Å². The molecule has 0 saturated heterocycles. The Balaban J connectivity index is 1.77. The van der Waals surface area contributed by atoms with E-state index in [0.717, 1.165) is 26.3 Å². The topological polar surface area (TPSA) is 89.4 Å². The third-order valence-corrected chi connectivity index (χ3v) is 4.84. The van der Waals surface area contributed by atoms with Crippen LogP contribution in [0.2, 0.25) is 0 Å². The first kappa shape index (κ1) is 18.9. The van der Waals surface area contributed by atoms with Gasteiger partial charge in [0.1, 0.15) is 0 Å². The van der Waals surface area contributed by atoms with Gasteiger partial charge in [0.25, 0.3) is 5.91 Å². The van der Waals surface area contributed by atoms with Gasteiger partial charge in [-0.3, -0.25) is 19.9 Å². The van der Waals surface area contributed by atoms with Crippen LogP contribution in [0.15, 0.2) is 16.8 Å². The van der Waals surface area contributed by atoms with E-state index in [9.17, 15) is 4.79 Å². The average molecular weight is 339 g/mol. The summed E-state index contributed by atoms with van der Waals surface area (Å²) in [7, 11) is 4.17. The highest BCUT2D eigenvalue weighted by atomic mass is 16.5. The van der Waals surface area contributed by atoms with Crippen molar-refractivity contribution < 1.29 is 14.7 Å². The van der Waals surface area contributed by atoms with E-state index in [1.807, 2.05) is 14.0 Å². The molecular weight excluding hydrogens is 310 g/mol. The predicted molar refractivity (Wildman–Crippen MR) is 91.6 cm³/mol. The summed E-state index contributed by atoms with van der Waals surface area (Å²) < 4.78 is 5.43. The number of hydroxylamine groups is 1. The number of nitrogens with one attached hydrogen (secondary N) is 2. The molecular formula is C16H29N5O3. The number of carbonyl (C=O) groups excluding carboxylic acids is 1. The van der Waals surface area contributed by atoms with E-state index in [0.29, 0.717) is 23.5 Å². The molecule has 2 aliphatic rings. The minimum atomic E-state index is -0.570. The van der Waals surface area contributed by atoms with Crippen molar-refractivity contribution in [3.05, 3.63) is 11.8 Å². The van der Waals surface area contributed by atoms with Gasteiger partial charge in [-0.25, -0.2) is 5.48 Å². The molecule has 0 radical (unpaired) electrons. The van der Waals surface area contributed by atoms with Crippen LogP contribution in [0, 0.1) is 11.8 Å². The molecule has 0 bridgehead atoms. The summed E-state index contributed by atoms with van der Waals surface area (Å²) >= 11 is 0. The summed E-state index contributed by atoms with van der Waals surface area (Å²) in [5, 5.41) is 11.7. The maximum atomic E-state index is 11.3. The fraction of sp³-hybridized carbons (Fsp3) is 0.750. The van der Waals surface area contributed by atoms with Crippen molar-refractivity contribution in [1.82, 2.24) is 20.6 Å². The van der Waals surface area contributed by atoms with E-state index in [-0.39, 0.29) is 6.29 Å². The zero-order valence-electron chi connectivity index (χ0n) is 14.9. The van der Waals surface area contributed by atoms with Crippen LogP contribution < -0.4 is 10.8 Å². The number of hydrogen-bond acceptors (Lipinski definition) is 7. The first-order valence-electron chi connectivity index (χ1n) is 8.41. The number of hydrogen-bond donors (Lipinski definition) is 3. The lowest BCUT2D eigenvalue weighted by molar-refractivity contribution is -0.124. The fourth-order valence-corrected chi connectivity index (χ4v) is 3.28. The number of amides is 1. The van der Waals surface area contributed by atoms with Gasteiger partial charge >= 0.3 is 0 Å². The molecule has 4 unspecified atom stereocenters. The van der Waals surface area contributed by atoms with Crippen molar-refractivity contribution in [3.63, 3.8) is 0 Å². The van der Waals surface area contributed by atoms with E-state index in [1.165, 1.54) is 6.21 Å². The Bertz CT molecular complexity index is 496. The van der Waals surface area contributed by atoms with E-state index >= 15 is 0 Å². The molecule has 0 aromatic heterocycles. The fourth-order valence-electron chi connectivity index (χ4n) is 3.28. The van der Waals surface area contributed by atoms with Crippen molar-refractivity contribution in [3.8, 4) is 0 Å². The molecule has 136 valence electrons. The number of likely N-dealkylation sites (N-methyl/N-ethyl adjacent to an activating group) is 1. The van der Waals surface area contributed by atoms with Gasteiger partial charge in [0, 0.05) is 38.2 Å². The highest BCUT2D eigenvalue weighted by Gasteiger charge is 2.49. The van der Waals surface area contributed by atoms with Gasteiger partial charge in [-0.2, -0.15) is 0 Å². The normalized spacial score (nSPS) is 28.7. The van der Waals surface area contributed by atoms with Crippen LogP contribution in [0.1, 0.15) is 13.8 Å². The van der Waals surface area contributed by atoms with Crippen LogP contribution in [0.4, 0.5) is 0 Å². The minimum absolute atomic E-state index is 0.192. The molecule has 24 heavy (non-hydrogen) atoms. The molecule has 3 N–H and O–H groups in total. The lowest BCUT2D eigenvalue weighted by Gasteiger charge is -2.27. The Morgan fingerprint density at radius 2 is 2.21 bits per heavy atom. The number of carbonyl (C=O) groups is 1. The summed E-state index contributed by atoms with van der Waals surface area (Å²) in [5.74, 6) is 0.682. The van der Waals surface area contributed by atoms with Crippen molar-refractivity contribution in [2.24, 2.45) is 16.8 Å². The van der Waals surface area contributed by atoms with Crippen LogP contribution in [-0.2, 0) is 9.53 Å². The highest BCUT2D eigenvalue weighted by molar-refractivity contribution is 6.11. The van der Waals surface area contributed by atoms with Gasteiger partial charge in [-0.15, -0.1) is 0 Å². The van der Waals surface area contributed by atoms with Crippen LogP contribution in [0.5, 0.6) is 0 Å². The number of nitrogens with zero attached hydrogens (tertiary/aromatic N) is 3. The lowest BCUT2D eigenvalue weighted by atomic mass is 10.2. The standard InChI is InChI=1S/C16H29N5O3/c1-5-24-7-6-20(3)14-11(2)13(14)10-21(4)16-17-8-12(9-18-16)15(22)19-23/h8-9,11,13-14,16-17,23H,5-7,10H2,1-4H3,(H,19,22). The maximum Gasteiger partial charge on any atom is 0.277 e. The Morgan fingerprint density at radius 1 is 1.46 bits per heavy atom. The molecule has 0 spiro atoms. The molecule has 0 aromatic rings. The van der Waals surface area contributed by atoms with E-state index in [1.54, 1.807) is 11.7 Å². The van der Waals surface area contributed by atoms with Gasteiger partial charge in [-0.05, 0) is 32.9 Å². The van der Waals surface area contributed by atoms with Gasteiger partial charge in [0.15, 0.2) is 6.29 Å². The Labute approximate surface area is 143 Å². The van der Waals surface area contributed by atoms with Gasteiger partial charge in [0.05, 0.1) is 12.2 Å². The molecule has 8 nitrogen and oxygen atoms in total. The summed E-state index contributed by atoms with van der Waals surface area (Å²) in [5.41, 5.74) is 1.90. The average Bonchev–Trinajstić information content (AvgIpc) is 3.23. The molecule has 2 rings (SSSR count). The second-order valence-corrected chi connectivity index (χ2v) is 6.49. The molecule has 1 fully saturated rings. The van der Waals surface area contributed by atoms with Crippen LogP contribution in [0.3, 0.4) is 0 Å². The third-order valence-electron chi connectivity index (χ3n) is 4.84. The van der Waals surface area contributed by atoms with Crippen LogP contribution >= 0.6 is 0 Å². The van der Waals surface area contributed by atoms with Crippen LogP contribution in [0.25, 0.3) is 0 Å². The van der Waals surface area contributed by atoms with E-state index in [2.05, 4.69) is 34.1 Å². The molecule has 1 aliphatic heterocycles. The Morgan fingerprint density at radius 3 is 2.79 bits per heavy atom. The maximum absolute atomic E-state index is 11.3. The second kappa shape index (κ2) is 8.57. The number of ether oxygens (including phenoxy) is 1. The second-order valence-electron chi connectivity index (χ2n) is 6.49. The SMILES string of the molecule is CCOCCN(C)C1C(C)C1CN(C)C1N=CC(C(=O)NO)=CN1. The highest BCUT2D eigenvalue weighted by Crippen LogP contribution is 2.42. The summed E-state index contributed by atoms with van der Waals surface area (Å²) in [6.07, 6.45) is 2.86. The smallest absolute Gasteiger partial charge is 0.277 e. The zero-order chi connectivity index (χ0) is 17.7. The molecule has 1 aliphatic carbocycles. The van der Waals surface area contributed by atoms with Crippen molar-refractivity contribution in [1.29, 1.82) is 0 Å². The molecule has 1 saturated carbocycles. The predicted octanol–water partition coefficient (Wildman–Crippen LogP) is -0.132. The van der Waals surface area contributed by atoms with Crippen molar-refractivity contribution in [2.75, 3.05) is 40.4 Å². The first-order chi connectivity index (χ1) is 11.5. The molecule has 0 aromatic carbocycles. The number of rotatable bonds is 9.